The number of benzene rings is 4. The van der Waals surface area contributed by atoms with Gasteiger partial charge in [0.05, 0.1) is 0 Å². The molecule has 17 heteroatoms. The molecule has 41 heavy (non-hydrogen) atoms. The Morgan fingerprint density at radius 3 is 1.61 bits per heavy atom. The number of hydrogen-bond acceptors (Lipinski definition) is 10. The van der Waals surface area contributed by atoms with Crippen LogP contribution in [0.5, 0.6) is 0 Å². The third-order valence-electron chi connectivity index (χ3n) is 6.57. The van der Waals surface area contributed by atoms with Gasteiger partial charge < -0.3 is 10.6 Å². The van der Waals surface area contributed by atoms with Crippen molar-refractivity contribution in [1.82, 2.24) is 5.32 Å². The average molecular weight is 630 g/mol. The predicted molar refractivity (Wildman–Crippen MR) is 150 cm³/mol. The van der Waals surface area contributed by atoms with E-state index in [2.05, 4.69) is 15.5 Å². The minimum Gasteiger partial charge on any atom is -0.385 e. The number of rotatable bonds is 13. The highest BCUT2D eigenvalue weighted by Gasteiger charge is 2.27. The Morgan fingerprint density at radius 2 is 1.12 bits per heavy atom. The lowest BCUT2D eigenvalue weighted by atomic mass is 9.93. The zero-order valence-electron chi connectivity index (χ0n) is 21.3. The fourth-order valence-corrected chi connectivity index (χ4v) is 7.08. The minimum absolute atomic E-state index is 0.0259. The van der Waals surface area contributed by atoms with E-state index in [1.54, 1.807) is 0 Å². The van der Waals surface area contributed by atoms with Crippen molar-refractivity contribution in [2.24, 2.45) is 5.90 Å². The van der Waals surface area contributed by atoms with Crippen LogP contribution in [0.2, 0.25) is 0 Å². The fraction of sp³-hybridized carbons (Fsp3) is 0.292. The van der Waals surface area contributed by atoms with E-state index in [4.69, 9.17) is 5.90 Å². The molecule has 7 N–H and O–H groups in total. The third kappa shape index (κ3) is 6.52. The zero-order chi connectivity index (χ0) is 30.2. The summed E-state index contributed by atoms with van der Waals surface area (Å²) in [5, 5.41) is 5.94. The molecule has 0 spiro atoms. The predicted octanol–water partition coefficient (Wildman–Crippen LogP) is 2.30. The first-order valence-electron chi connectivity index (χ1n) is 12.2. The maximum Gasteiger partial charge on any atom is 0.295 e. The summed E-state index contributed by atoms with van der Waals surface area (Å²) in [5.41, 5.74) is 0.263. The molecule has 0 radical (unpaired) electrons. The Morgan fingerprint density at radius 1 is 0.683 bits per heavy atom. The lowest BCUT2D eigenvalue weighted by Gasteiger charge is -2.19. The number of carbonyl (C=O) groups is 1. The van der Waals surface area contributed by atoms with Crippen LogP contribution in [0.25, 0.3) is 32.3 Å². The summed E-state index contributed by atoms with van der Waals surface area (Å²) < 4.78 is 103. The van der Waals surface area contributed by atoms with E-state index < -0.39 is 45.0 Å². The van der Waals surface area contributed by atoms with Crippen molar-refractivity contribution in [3.05, 3.63) is 36.4 Å². The van der Waals surface area contributed by atoms with Gasteiger partial charge in [-0.05, 0) is 25.0 Å². The van der Waals surface area contributed by atoms with Crippen molar-refractivity contribution in [3.8, 4) is 0 Å². The number of unbranched alkanes of at least 4 members (excludes halogenated alkanes) is 3. The first-order valence-corrected chi connectivity index (χ1v) is 16.5. The smallest absolute Gasteiger partial charge is 0.295 e. The van der Waals surface area contributed by atoms with Gasteiger partial charge in [0.2, 0.25) is 5.91 Å². The second kappa shape index (κ2) is 11.6. The summed E-state index contributed by atoms with van der Waals surface area (Å²) in [6.45, 7) is 0.581. The molecule has 0 saturated carbocycles. The first-order chi connectivity index (χ1) is 19.1. The Hall–Kier alpha value is -3.16. The van der Waals surface area contributed by atoms with Gasteiger partial charge in [0, 0.05) is 51.1 Å². The van der Waals surface area contributed by atoms with Crippen molar-refractivity contribution in [2.75, 3.05) is 25.0 Å². The maximum atomic E-state index is 12.4. The molecule has 0 aliphatic carbocycles. The summed E-state index contributed by atoms with van der Waals surface area (Å²) in [5.74, 6) is 4.51. The molecule has 0 atom stereocenters. The number of amides is 1. The van der Waals surface area contributed by atoms with Gasteiger partial charge in [-0.25, -0.2) is 5.90 Å². The molecule has 0 heterocycles. The molecule has 4 aromatic carbocycles. The molecule has 0 fully saturated rings. The molecule has 4 aromatic rings. The van der Waals surface area contributed by atoms with Gasteiger partial charge in [0.25, 0.3) is 30.4 Å². The summed E-state index contributed by atoms with van der Waals surface area (Å²) in [6.07, 6.45) is 2.87. The van der Waals surface area contributed by atoms with Crippen molar-refractivity contribution < 1.29 is 48.5 Å². The molecule has 4 rings (SSSR count). The largest absolute Gasteiger partial charge is 0.385 e. The van der Waals surface area contributed by atoms with Crippen LogP contribution in [-0.4, -0.2) is 64.5 Å². The van der Waals surface area contributed by atoms with E-state index in [1.807, 2.05) is 0 Å². The molecule has 0 aliphatic heterocycles. The molecule has 14 nitrogen and oxygen atoms in total. The van der Waals surface area contributed by atoms with E-state index in [-0.39, 0.29) is 45.1 Å². The van der Waals surface area contributed by atoms with E-state index in [0.717, 1.165) is 12.8 Å². The van der Waals surface area contributed by atoms with Crippen molar-refractivity contribution in [3.63, 3.8) is 0 Å². The van der Waals surface area contributed by atoms with E-state index in [9.17, 15) is 43.7 Å². The molecule has 1 amide bonds. The monoisotopic (exact) mass is 629 g/mol. The van der Waals surface area contributed by atoms with Crippen LogP contribution in [0.3, 0.4) is 0 Å². The zero-order valence-corrected chi connectivity index (χ0v) is 23.8. The van der Waals surface area contributed by atoms with Crippen molar-refractivity contribution in [2.45, 2.75) is 40.4 Å². The van der Waals surface area contributed by atoms with E-state index in [0.29, 0.717) is 37.4 Å². The van der Waals surface area contributed by atoms with Crippen molar-refractivity contribution in [1.29, 1.82) is 0 Å². The van der Waals surface area contributed by atoms with Gasteiger partial charge >= 0.3 is 0 Å². The molecular weight excluding hydrogens is 602 g/mol. The molecule has 222 valence electrons. The standard InChI is InChI=1S/C24H27N3O11S3/c25-38-13-22(28)27-10-4-2-1-3-9-26-18-11-19(39(29,30)31)15-7-8-17-21(41(35,36)37)12-20(40(32,33)34)16-6-5-14(18)23(15)24(16)17/h5-8,11-12,26H,1-4,9-10,13,25H2,(H,27,28)(H,29,30,31)(H,32,33,34)(H,35,36,37). The summed E-state index contributed by atoms with van der Waals surface area (Å²) in [4.78, 5) is 13.5. The fourth-order valence-electron chi connectivity index (χ4n) is 4.86. The van der Waals surface area contributed by atoms with Crippen LogP contribution in [0.15, 0.2) is 51.1 Å². The van der Waals surface area contributed by atoms with Gasteiger partial charge in [-0.3, -0.25) is 23.3 Å². The van der Waals surface area contributed by atoms with Gasteiger partial charge in [-0.1, -0.05) is 37.1 Å². The van der Waals surface area contributed by atoms with Crippen LogP contribution >= 0.6 is 0 Å². The van der Waals surface area contributed by atoms with E-state index in [1.165, 1.54) is 30.3 Å². The maximum absolute atomic E-state index is 12.4. The SMILES string of the molecule is NOCC(=O)NCCCCCCNc1cc(S(=O)(=O)O)c2ccc3c(S(=O)(=O)O)cc(S(=O)(=O)O)c4ccc1c2c43. The molecule has 0 saturated heterocycles. The summed E-state index contributed by atoms with van der Waals surface area (Å²) >= 11 is 0. The summed E-state index contributed by atoms with van der Waals surface area (Å²) in [7, 11) is -14.8. The highest BCUT2D eigenvalue weighted by molar-refractivity contribution is 7.87. The van der Waals surface area contributed by atoms with Gasteiger partial charge in [0.15, 0.2) is 0 Å². The minimum atomic E-state index is -4.99. The van der Waals surface area contributed by atoms with Gasteiger partial charge in [-0.15, -0.1) is 0 Å². The average Bonchev–Trinajstić information content (AvgIpc) is 2.86. The topological polar surface area (TPSA) is 239 Å². The molecule has 0 unspecified atom stereocenters. The first kappa shape index (κ1) is 30.8. The number of hydrogen-bond donors (Lipinski definition) is 6. The Labute approximate surface area is 235 Å². The number of anilines is 1. The van der Waals surface area contributed by atoms with Crippen LogP contribution in [0.1, 0.15) is 25.7 Å². The molecule has 0 aromatic heterocycles. The van der Waals surface area contributed by atoms with E-state index >= 15 is 0 Å². The lowest BCUT2D eigenvalue weighted by Crippen LogP contribution is -2.29. The van der Waals surface area contributed by atoms with Crippen molar-refractivity contribution >= 4 is 74.3 Å². The lowest BCUT2D eigenvalue weighted by molar-refractivity contribution is -0.125. The van der Waals surface area contributed by atoms with Gasteiger partial charge in [-0.2, -0.15) is 25.3 Å². The highest BCUT2D eigenvalue weighted by Crippen LogP contribution is 2.44. The number of nitrogens with two attached hydrogens (primary N) is 1. The van der Waals surface area contributed by atoms with Gasteiger partial charge in [0.1, 0.15) is 21.3 Å². The van der Waals surface area contributed by atoms with Crippen LogP contribution in [-0.2, 0) is 40.0 Å². The number of carbonyl (C=O) groups excluding carboxylic acids is 1. The second-order valence-electron chi connectivity index (χ2n) is 9.29. The van der Waals surface area contributed by atoms with Crippen LogP contribution < -0.4 is 16.5 Å². The third-order valence-corrected chi connectivity index (χ3v) is 9.25. The highest BCUT2D eigenvalue weighted by atomic mass is 32.2. The Bertz CT molecular complexity index is 1910. The number of nitrogens with one attached hydrogen (secondary N) is 2. The van der Waals surface area contributed by atoms with Crippen LogP contribution in [0.4, 0.5) is 5.69 Å². The second-order valence-corrected chi connectivity index (χ2v) is 13.5. The normalized spacial score (nSPS) is 12.9. The Kier molecular flexibility index (Phi) is 8.72. The summed E-state index contributed by atoms with van der Waals surface area (Å²) in [6, 6.07) is 7.11. The quantitative estimate of drug-likeness (QED) is 0.0539. The molecular formula is C24H27N3O11S3. The molecule has 0 aliphatic rings. The van der Waals surface area contributed by atoms with Crippen LogP contribution in [0, 0.1) is 0 Å². The Balaban J connectivity index is 1.76. The molecule has 0 bridgehead atoms.